The molecule has 1 unspecified atom stereocenters. The largest absolute Gasteiger partial charge is 0.417 e. The third kappa shape index (κ3) is 5.82. The quantitative estimate of drug-likeness (QED) is 0.305. The van der Waals surface area contributed by atoms with E-state index in [-0.39, 0.29) is 5.04 Å². The summed E-state index contributed by atoms with van der Waals surface area (Å²) < 4.78 is 11.7. The minimum absolute atomic E-state index is 0.258. The molecule has 1 heterocycles. The average molecular weight is 305 g/mol. The number of hydrogen-bond donors (Lipinski definition) is 0. The van der Waals surface area contributed by atoms with Crippen LogP contribution < -0.4 is 0 Å². The number of hydrogen-bond acceptors (Lipinski definition) is 4. The standard InChI is InChI=1S/C15H32O4Si/c1-14(2,3)20(5,6)18-13-9-12-17-19-15(4)10-7-8-11-16-15/h7-13H2,1-6H3. The number of rotatable bonds is 7. The van der Waals surface area contributed by atoms with Crippen LogP contribution in [-0.4, -0.2) is 33.9 Å². The Morgan fingerprint density at radius 2 is 1.85 bits per heavy atom. The summed E-state index contributed by atoms with van der Waals surface area (Å²) >= 11 is 0. The Morgan fingerprint density at radius 1 is 1.15 bits per heavy atom. The van der Waals surface area contributed by atoms with Crippen molar-refractivity contribution in [2.24, 2.45) is 0 Å². The van der Waals surface area contributed by atoms with Crippen molar-refractivity contribution >= 4 is 8.32 Å². The predicted molar refractivity (Wildman–Crippen MR) is 83.0 cm³/mol. The Kier molecular flexibility index (Phi) is 6.66. The van der Waals surface area contributed by atoms with Crippen molar-refractivity contribution in [2.45, 2.75) is 77.3 Å². The molecule has 0 N–H and O–H groups in total. The predicted octanol–water partition coefficient (Wildman–Crippen LogP) is 4.26. The molecule has 20 heavy (non-hydrogen) atoms. The third-order valence-corrected chi connectivity index (χ3v) is 8.85. The van der Waals surface area contributed by atoms with Crippen LogP contribution >= 0.6 is 0 Å². The van der Waals surface area contributed by atoms with Gasteiger partial charge in [-0.05, 0) is 44.3 Å². The van der Waals surface area contributed by atoms with Crippen LogP contribution in [0.25, 0.3) is 0 Å². The van der Waals surface area contributed by atoms with Gasteiger partial charge in [-0.1, -0.05) is 20.8 Å². The molecule has 0 aromatic heterocycles. The monoisotopic (exact) mass is 304 g/mol. The summed E-state index contributed by atoms with van der Waals surface area (Å²) in [6, 6.07) is 0. The van der Waals surface area contributed by atoms with Gasteiger partial charge in [0, 0.05) is 13.0 Å². The van der Waals surface area contributed by atoms with Crippen molar-refractivity contribution in [3.63, 3.8) is 0 Å². The van der Waals surface area contributed by atoms with Gasteiger partial charge in [0.25, 0.3) is 0 Å². The Labute approximate surface area is 125 Å². The average Bonchev–Trinajstić information content (AvgIpc) is 2.33. The third-order valence-electron chi connectivity index (χ3n) is 4.31. The zero-order valence-electron chi connectivity index (χ0n) is 14.1. The fraction of sp³-hybridized carbons (Fsp3) is 1.00. The van der Waals surface area contributed by atoms with Gasteiger partial charge in [0.2, 0.25) is 0 Å². The summed E-state index contributed by atoms with van der Waals surface area (Å²) in [6.45, 7) is 15.3. The van der Waals surface area contributed by atoms with Gasteiger partial charge in [0.15, 0.2) is 14.1 Å². The van der Waals surface area contributed by atoms with Crippen LogP contribution in [0.3, 0.4) is 0 Å². The van der Waals surface area contributed by atoms with Crippen LogP contribution in [0.4, 0.5) is 0 Å². The summed E-state index contributed by atoms with van der Waals surface area (Å²) in [5, 5.41) is 0.258. The van der Waals surface area contributed by atoms with E-state index in [1.165, 1.54) is 0 Å². The zero-order valence-corrected chi connectivity index (χ0v) is 15.1. The maximum absolute atomic E-state index is 6.08. The molecule has 0 aromatic carbocycles. The summed E-state index contributed by atoms with van der Waals surface area (Å²) in [5.41, 5.74) is 0. The fourth-order valence-corrected chi connectivity index (χ4v) is 2.89. The van der Waals surface area contributed by atoms with Gasteiger partial charge >= 0.3 is 0 Å². The maximum atomic E-state index is 6.08. The van der Waals surface area contributed by atoms with Gasteiger partial charge in [-0.3, -0.25) is 0 Å². The van der Waals surface area contributed by atoms with Gasteiger partial charge in [0.05, 0.1) is 13.2 Å². The highest BCUT2D eigenvalue weighted by molar-refractivity contribution is 6.74. The molecule has 1 rings (SSSR count). The van der Waals surface area contributed by atoms with Gasteiger partial charge in [-0.2, -0.15) is 0 Å². The van der Waals surface area contributed by atoms with E-state index in [9.17, 15) is 0 Å². The highest BCUT2D eigenvalue weighted by Crippen LogP contribution is 2.36. The van der Waals surface area contributed by atoms with E-state index < -0.39 is 14.1 Å². The lowest BCUT2D eigenvalue weighted by Gasteiger charge is -2.36. The van der Waals surface area contributed by atoms with E-state index in [1.54, 1.807) is 0 Å². The smallest absolute Gasteiger partial charge is 0.198 e. The van der Waals surface area contributed by atoms with Crippen molar-refractivity contribution in [3.05, 3.63) is 0 Å². The van der Waals surface area contributed by atoms with Crippen LogP contribution in [0.1, 0.15) is 53.4 Å². The first-order chi connectivity index (χ1) is 9.16. The van der Waals surface area contributed by atoms with E-state index in [2.05, 4.69) is 33.9 Å². The molecule has 1 aliphatic rings. The molecule has 0 amide bonds. The molecule has 1 fully saturated rings. The molecule has 5 heteroatoms. The molecule has 0 aromatic rings. The Bertz CT molecular complexity index is 280. The molecular weight excluding hydrogens is 272 g/mol. The second-order valence-corrected chi connectivity index (χ2v) is 12.1. The normalized spacial score (nSPS) is 24.9. The van der Waals surface area contributed by atoms with E-state index in [0.29, 0.717) is 6.61 Å². The Balaban J connectivity index is 2.11. The molecule has 0 radical (unpaired) electrons. The fourth-order valence-electron chi connectivity index (χ4n) is 1.80. The maximum Gasteiger partial charge on any atom is 0.198 e. The summed E-state index contributed by atoms with van der Waals surface area (Å²) in [5.74, 6) is -0.557. The molecular formula is C15H32O4Si. The highest BCUT2D eigenvalue weighted by atomic mass is 28.4. The lowest BCUT2D eigenvalue weighted by atomic mass is 10.1. The molecule has 0 bridgehead atoms. The molecule has 1 saturated heterocycles. The lowest BCUT2D eigenvalue weighted by molar-refractivity contribution is -0.430. The summed E-state index contributed by atoms with van der Waals surface area (Å²) in [7, 11) is -1.63. The second kappa shape index (κ2) is 7.36. The highest BCUT2D eigenvalue weighted by Gasteiger charge is 2.36. The van der Waals surface area contributed by atoms with Gasteiger partial charge in [0.1, 0.15) is 0 Å². The van der Waals surface area contributed by atoms with Crippen LogP contribution in [0.2, 0.25) is 18.1 Å². The first-order valence-corrected chi connectivity index (χ1v) is 10.7. The first-order valence-electron chi connectivity index (χ1n) is 7.75. The topological polar surface area (TPSA) is 36.9 Å². The molecule has 4 nitrogen and oxygen atoms in total. The van der Waals surface area contributed by atoms with Crippen molar-refractivity contribution in [1.29, 1.82) is 0 Å². The van der Waals surface area contributed by atoms with Gasteiger partial charge < -0.3 is 9.16 Å². The van der Waals surface area contributed by atoms with Crippen molar-refractivity contribution < 1.29 is 18.9 Å². The number of ether oxygens (including phenoxy) is 1. The Morgan fingerprint density at radius 3 is 2.40 bits per heavy atom. The first kappa shape index (κ1) is 18.1. The van der Waals surface area contributed by atoms with Crippen LogP contribution in [0, 0.1) is 0 Å². The van der Waals surface area contributed by atoms with E-state index in [4.69, 9.17) is 18.9 Å². The molecule has 120 valence electrons. The Hall–Kier alpha value is 0.0569. The minimum Gasteiger partial charge on any atom is -0.417 e. The zero-order chi connectivity index (χ0) is 15.3. The van der Waals surface area contributed by atoms with E-state index >= 15 is 0 Å². The molecule has 0 spiro atoms. The second-order valence-electron chi connectivity index (χ2n) is 7.31. The SMILES string of the molecule is CC1(OOCCCO[Si](C)(C)C(C)(C)C)CCCCO1. The molecule has 0 saturated carbocycles. The van der Waals surface area contributed by atoms with Crippen molar-refractivity contribution in [2.75, 3.05) is 19.8 Å². The van der Waals surface area contributed by atoms with Crippen LogP contribution in [0.15, 0.2) is 0 Å². The molecule has 1 atom stereocenters. The van der Waals surface area contributed by atoms with Crippen molar-refractivity contribution in [1.82, 2.24) is 0 Å². The summed E-state index contributed by atoms with van der Waals surface area (Å²) in [4.78, 5) is 10.7. The minimum atomic E-state index is -1.63. The van der Waals surface area contributed by atoms with Crippen molar-refractivity contribution in [3.8, 4) is 0 Å². The molecule has 1 aliphatic heterocycles. The van der Waals surface area contributed by atoms with E-state index in [0.717, 1.165) is 38.9 Å². The summed E-state index contributed by atoms with van der Waals surface area (Å²) in [6.07, 6.45) is 3.99. The van der Waals surface area contributed by atoms with E-state index in [1.807, 2.05) is 6.92 Å². The van der Waals surface area contributed by atoms with Crippen LogP contribution in [-0.2, 0) is 18.9 Å². The van der Waals surface area contributed by atoms with Crippen LogP contribution in [0.5, 0.6) is 0 Å². The van der Waals surface area contributed by atoms with Gasteiger partial charge in [-0.25, -0.2) is 9.78 Å². The molecule has 0 aliphatic carbocycles. The van der Waals surface area contributed by atoms with Gasteiger partial charge in [-0.15, -0.1) is 0 Å². The lowest BCUT2D eigenvalue weighted by Crippen LogP contribution is -2.41.